The van der Waals surface area contributed by atoms with Crippen LogP contribution < -0.4 is 4.74 Å². The average molecular weight is 420 g/mol. The Morgan fingerprint density at radius 2 is 1.72 bits per heavy atom. The van der Waals surface area contributed by atoms with E-state index in [2.05, 4.69) is 6.92 Å². The summed E-state index contributed by atoms with van der Waals surface area (Å²) in [5.41, 5.74) is 0.187. The van der Waals surface area contributed by atoms with E-state index in [1.807, 2.05) is 0 Å². The summed E-state index contributed by atoms with van der Waals surface area (Å²) in [6.07, 6.45) is 5.00. The summed E-state index contributed by atoms with van der Waals surface area (Å²) in [7, 11) is 1.34. The molecule has 1 aliphatic carbocycles. The third-order valence-corrected chi connectivity index (χ3v) is 6.18. The summed E-state index contributed by atoms with van der Waals surface area (Å²) < 4.78 is 58.7. The predicted octanol–water partition coefficient (Wildman–Crippen LogP) is 5.76. The lowest BCUT2D eigenvalue weighted by molar-refractivity contribution is -0.294. The minimum Gasteiger partial charge on any atom is -0.494 e. The van der Waals surface area contributed by atoms with E-state index in [1.165, 1.54) is 44.9 Å². The summed E-state index contributed by atoms with van der Waals surface area (Å²) in [5.74, 6) is -2.33. The van der Waals surface area contributed by atoms with E-state index in [9.17, 15) is 13.2 Å². The number of rotatable bonds is 7. The average Bonchev–Trinajstić information content (AvgIpc) is 2.69. The number of alkyl halides is 2. The summed E-state index contributed by atoms with van der Waals surface area (Å²) in [4.78, 5) is 0. The summed E-state index contributed by atoms with van der Waals surface area (Å²) in [6.45, 7) is 2.83. The first-order valence-corrected chi connectivity index (χ1v) is 10.4. The zero-order valence-electron chi connectivity index (χ0n) is 17.2. The number of benzene rings is 1. The molecule has 0 N–H and O–H groups in total. The topological polar surface area (TPSA) is 27.7 Å². The molecule has 2 fully saturated rings. The Hall–Kier alpha value is -1.34. The first-order valence-electron chi connectivity index (χ1n) is 10.4. The Morgan fingerprint density at radius 1 is 1.07 bits per heavy atom. The van der Waals surface area contributed by atoms with Crippen LogP contribution in [0.5, 0.6) is 5.75 Å². The van der Waals surface area contributed by atoms with Crippen LogP contribution in [0.15, 0.2) is 18.2 Å². The van der Waals surface area contributed by atoms with Gasteiger partial charge in [-0.3, -0.25) is 4.70 Å². The molecule has 1 aliphatic heterocycles. The van der Waals surface area contributed by atoms with Gasteiger partial charge in [0.1, 0.15) is 0 Å². The van der Waals surface area contributed by atoms with Crippen LogP contribution in [0.25, 0.3) is 0 Å². The van der Waals surface area contributed by atoms with Crippen LogP contribution in [0.3, 0.4) is 0 Å². The predicted molar refractivity (Wildman–Crippen MR) is 104 cm³/mol. The Kier molecular flexibility index (Phi) is 8.76. The minimum atomic E-state index is -3.22. The van der Waals surface area contributed by atoms with Crippen molar-refractivity contribution in [3.05, 3.63) is 29.6 Å². The highest BCUT2D eigenvalue weighted by molar-refractivity contribution is 5.30. The van der Waals surface area contributed by atoms with E-state index in [-0.39, 0.29) is 21.9 Å². The van der Waals surface area contributed by atoms with Crippen molar-refractivity contribution < 1.29 is 32.1 Å². The normalized spacial score (nSPS) is 27.9. The number of methoxy groups -OCH3 is 1. The fourth-order valence-corrected chi connectivity index (χ4v) is 4.57. The van der Waals surface area contributed by atoms with Gasteiger partial charge in [-0.2, -0.15) is 0 Å². The maximum absolute atomic E-state index is 14.6. The molecule has 0 amide bonds. The Labute approximate surface area is 170 Å². The highest BCUT2D eigenvalue weighted by Crippen LogP contribution is 2.39. The molecule has 0 radical (unpaired) electrons. The third kappa shape index (κ3) is 6.07. The van der Waals surface area contributed by atoms with Gasteiger partial charge in [0.25, 0.3) is 0 Å². The van der Waals surface area contributed by atoms with Crippen LogP contribution in [0.1, 0.15) is 51.0 Å². The van der Waals surface area contributed by atoms with Gasteiger partial charge in [-0.15, -0.1) is 0 Å². The molecule has 1 heterocycles. The van der Waals surface area contributed by atoms with E-state index in [0.29, 0.717) is 19.1 Å². The van der Waals surface area contributed by atoms with Crippen LogP contribution in [0.2, 0.25) is 0 Å². The molecule has 1 saturated heterocycles. The summed E-state index contributed by atoms with van der Waals surface area (Å²) in [6, 6.07) is 3.87. The first-order chi connectivity index (χ1) is 13.4. The molecule has 29 heavy (non-hydrogen) atoms. The van der Waals surface area contributed by atoms with E-state index < -0.39 is 24.5 Å². The molecule has 166 valence electrons. The highest BCUT2D eigenvalue weighted by Gasteiger charge is 2.45. The van der Waals surface area contributed by atoms with Gasteiger partial charge in [-0.1, -0.05) is 38.7 Å². The molecular formula is C22H32F4O3. The largest absolute Gasteiger partial charge is 0.494 e. The van der Waals surface area contributed by atoms with E-state index in [4.69, 9.17) is 14.2 Å². The molecule has 0 atom stereocenters. The molecule has 0 spiro atoms. The maximum atomic E-state index is 14.6. The molecular weight excluding hydrogens is 388 g/mol. The van der Waals surface area contributed by atoms with Crippen molar-refractivity contribution >= 4 is 0 Å². The van der Waals surface area contributed by atoms with E-state index in [0.717, 1.165) is 24.8 Å². The monoisotopic (exact) mass is 420 g/mol. The molecule has 1 saturated carbocycles. The van der Waals surface area contributed by atoms with Gasteiger partial charge in [0.15, 0.2) is 11.6 Å². The van der Waals surface area contributed by atoms with Gasteiger partial charge >= 0.3 is 5.92 Å². The van der Waals surface area contributed by atoms with E-state index in [1.54, 1.807) is 0 Å². The van der Waals surface area contributed by atoms with Crippen LogP contribution >= 0.6 is 0 Å². The summed E-state index contributed by atoms with van der Waals surface area (Å²) >= 11 is 0. The molecule has 3 nitrogen and oxygen atoms in total. The van der Waals surface area contributed by atoms with Crippen LogP contribution in [0.4, 0.5) is 17.9 Å². The molecule has 3 rings (SSSR count). The lowest BCUT2D eigenvalue weighted by Crippen LogP contribution is -2.47. The number of hydrogen-bond donors (Lipinski definition) is 0. The quantitative estimate of drug-likeness (QED) is 0.525. The molecule has 0 aromatic heterocycles. The minimum absolute atomic E-state index is 0. The first kappa shape index (κ1) is 23.9. The van der Waals surface area contributed by atoms with Crippen molar-refractivity contribution in [3.63, 3.8) is 0 Å². The van der Waals surface area contributed by atoms with Gasteiger partial charge in [-0.05, 0) is 42.4 Å². The Balaban J connectivity index is 0.00000300. The maximum Gasteiger partial charge on any atom is 0.301 e. The van der Waals surface area contributed by atoms with Crippen LogP contribution in [-0.2, 0) is 15.9 Å². The van der Waals surface area contributed by atoms with Gasteiger partial charge in [-0.25, -0.2) is 13.2 Å². The van der Waals surface area contributed by atoms with Crippen molar-refractivity contribution in [2.45, 2.75) is 64.1 Å². The van der Waals surface area contributed by atoms with Crippen molar-refractivity contribution in [1.29, 1.82) is 0 Å². The second kappa shape index (κ2) is 10.6. The third-order valence-electron chi connectivity index (χ3n) is 6.18. The molecule has 7 heteroatoms. The van der Waals surface area contributed by atoms with Gasteiger partial charge in [0.2, 0.25) is 6.29 Å². The fourth-order valence-electron chi connectivity index (χ4n) is 4.57. The second-order valence-corrected chi connectivity index (χ2v) is 8.23. The van der Waals surface area contributed by atoms with Crippen molar-refractivity contribution in [1.82, 2.24) is 0 Å². The molecule has 2 aliphatic rings. The zero-order chi connectivity index (χ0) is 20.1. The smallest absolute Gasteiger partial charge is 0.301 e. The molecule has 1 aromatic carbocycles. The van der Waals surface area contributed by atoms with Crippen molar-refractivity contribution in [3.8, 4) is 5.75 Å². The van der Waals surface area contributed by atoms with Gasteiger partial charge < -0.3 is 14.2 Å². The molecule has 0 unspecified atom stereocenters. The van der Waals surface area contributed by atoms with Crippen LogP contribution in [0, 0.1) is 23.6 Å². The van der Waals surface area contributed by atoms with E-state index >= 15 is 0 Å². The Bertz CT molecular complexity index is 624. The highest BCUT2D eigenvalue weighted by atomic mass is 19.3. The van der Waals surface area contributed by atoms with Gasteiger partial charge in [0.05, 0.1) is 20.3 Å². The summed E-state index contributed by atoms with van der Waals surface area (Å²) in [5, 5.41) is 0. The zero-order valence-corrected chi connectivity index (χ0v) is 17.2. The SMILES string of the molecule is CCCC1CCC(C2COC(C(F)(F)Cc3ccc(OC)c(F)c3)OC2)CC1.F. The Morgan fingerprint density at radius 3 is 2.28 bits per heavy atom. The standard InChI is InChI=1S/C22H31F3O3.FH/c1-3-4-15-5-8-17(9-6-15)18-13-27-21(28-14-18)22(24,25)12-16-7-10-20(26-2)19(23)11-16;/h7,10-11,15,17-18,21H,3-6,8-9,12-14H2,1-2H3;1H. The number of hydrogen-bond acceptors (Lipinski definition) is 3. The molecule has 0 bridgehead atoms. The van der Waals surface area contributed by atoms with Gasteiger partial charge in [0, 0.05) is 12.3 Å². The lowest BCUT2D eigenvalue weighted by Gasteiger charge is -2.39. The van der Waals surface area contributed by atoms with Crippen molar-refractivity contribution in [2.75, 3.05) is 20.3 Å². The number of halogens is 4. The van der Waals surface area contributed by atoms with Crippen molar-refractivity contribution in [2.24, 2.45) is 17.8 Å². The second-order valence-electron chi connectivity index (χ2n) is 8.23. The molecule has 1 aromatic rings. The number of ether oxygens (including phenoxy) is 3. The van der Waals surface area contributed by atoms with Crippen LogP contribution in [-0.4, -0.2) is 32.5 Å². The fraction of sp³-hybridized carbons (Fsp3) is 0.727. The lowest BCUT2D eigenvalue weighted by atomic mass is 9.75.